The van der Waals surface area contributed by atoms with Crippen LogP contribution in [0.2, 0.25) is 10.0 Å². The number of nitrogens with one attached hydrogen (secondary N) is 1. The van der Waals surface area contributed by atoms with E-state index in [1.54, 1.807) is 19.1 Å². The molecule has 24 heavy (non-hydrogen) atoms. The van der Waals surface area contributed by atoms with Gasteiger partial charge in [-0.25, -0.2) is 0 Å². The highest BCUT2D eigenvalue weighted by Crippen LogP contribution is 2.33. The number of hydrogen-bond acceptors (Lipinski definition) is 4. The van der Waals surface area contributed by atoms with Crippen LogP contribution in [0.25, 0.3) is 0 Å². The predicted molar refractivity (Wildman–Crippen MR) is 86.6 cm³/mol. The van der Waals surface area contributed by atoms with Gasteiger partial charge in [-0.15, -0.1) is 10.2 Å². The van der Waals surface area contributed by atoms with E-state index in [-0.39, 0.29) is 21.6 Å². The normalized spacial score (nSPS) is 11.6. The number of hydrogen-bond donors (Lipinski definition) is 1. The van der Waals surface area contributed by atoms with E-state index in [2.05, 4.69) is 15.5 Å². The van der Waals surface area contributed by atoms with Gasteiger partial charge in [0.25, 0.3) is 0 Å². The van der Waals surface area contributed by atoms with E-state index >= 15 is 0 Å². The van der Waals surface area contributed by atoms with Crippen molar-refractivity contribution in [2.45, 2.75) is 18.3 Å². The molecule has 0 atom stereocenters. The van der Waals surface area contributed by atoms with E-state index in [0.29, 0.717) is 5.02 Å². The first-order chi connectivity index (χ1) is 11.1. The van der Waals surface area contributed by atoms with Crippen molar-refractivity contribution in [1.29, 1.82) is 0 Å². The van der Waals surface area contributed by atoms with E-state index in [9.17, 15) is 18.0 Å². The molecule has 0 bridgehead atoms. The van der Waals surface area contributed by atoms with Gasteiger partial charge in [-0.1, -0.05) is 41.0 Å². The van der Waals surface area contributed by atoms with Crippen molar-refractivity contribution in [1.82, 2.24) is 14.8 Å². The maximum absolute atomic E-state index is 12.6. The molecule has 1 aromatic heterocycles. The Hall–Kier alpha value is -1.45. The van der Waals surface area contributed by atoms with E-state index < -0.39 is 17.9 Å². The number of carbonyl (C=O) groups excluding carboxylic acids is 1. The quantitative estimate of drug-likeness (QED) is 0.784. The average Bonchev–Trinajstić information content (AvgIpc) is 2.86. The van der Waals surface area contributed by atoms with Gasteiger partial charge < -0.3 is 9.88 Å². The van der Waals surface area contributed by atoms with E-state index in [1.807, 2.05) is 0 Å². The first-order valence-electron chi connectivity index (χ1n) is 6.45. The van der Waals surface area contributed by atoms with Crippen LogP contribution in [0, 0.1) is 6.92 Å². The molecule has 1 amide bonds. The molecule has 0 saturated heterocycles. The van der Waals surface area contributed by atoms with Crippen LogP contribution in [-0.2, 0) is 18.0 Å². The molecule has 0 spiro atoms. The van der Waals surface area contributed by atoms with Crippen LogP contribution in [0.4, 0.5) is 18.9 Å². The predicted octanol–water partition coefficient (Wildman–Crippen LogP) is 4.18. The fraction of sp³-hybridized carbons (Fsp3) is 0.308. The fourth-order valence-corrected chi connectivity index (χ4v) is 2.94. The van der Waals surface area contributed by atoms with Gasteiger partial charge in [-0.2, -0.15) is 13.2 Å². The van der Waals surface area contributed by atoms with Crippen LogP contribution in [-0.4, -0.2) is 26.4 Å². The number of thioether (sulfide) groups is 1. The molecule has 1 aromatic carbocycles. The molecule has 1 heterocycles. The SMILES string of the molecule is Cc1ccc(Cl)c(NC(=O)CSc2nnc(C(F)(F)F)n2C)c1Cl. The van der Waals surface area contributed by atoms with Crippen LogP contribution in [0.15, 0.2) is 17.3 Å². The molecule has 0 aliphatic rings. The smallest absolute Gasteiger partial charge is 0.323 e. The summed E-state index contributed by atoms with van der Waals surface area (Å²) in [5.74, 6) is -1.79. The molecule has 0 fully saturated rings. The number of carbonyl (C=O) groups is 1. The Morgan fingerprint density at radius 3 is 2.58 bits per heavy atom. The molecule has 2 rings (SSSR count). The molecule has 0 aliphatic heterocycles. The molecule has 0 radical (unpaired) electrons. The number of benzene rings is 1. The standard InChI is InChI=1S/C13H11Cl2F3N4OS/c1-6-3-4-7(14)10(9(6)15)19-8(23)5-24-12-21-20-11(22(12)2)13(16,17)18/h3-4H,5H2,1-2H3,(H,19,23). The summed E-state index contributed by atoms with van der Waals surface area (Å²) in [6.07, 6.45) is -4.61. The summed E-state index contributed by atoms with van der Waals surface area (Å²) < 4.78 is 38.7. The van der Waals surface area contributed by atoms with Crippen LogP contribution in [0.1, 0.15) is 11.4 Å². The maximum atomic E-state index is 12.6. The molecule has 130 valence electrons. The van der Waals surface area contributed by atoms with Gasteiger partial charge >= 0.3 is 6.18 Å². The second-order valence-electron chi connectivity index (χ2n) is 4.75. The van der Waals surface area contributed by atoms with Crippen LogP contribution >= 0.6 is 35.0 Å². The summed E-state index contributed by atoms with van der Waals surface area (Å²) in [6.45, 7) is 1.75. The highest BCUT2D eigenvalue weighted by Gasteiger charge is 2.37. The minimum absolute atomic E-state index is 0.0288. The Morgan fingerprint density at radius 2 is 2.00 bits per heavy atom. The second-order valence-corrected chi connectivity index (χ2v) is 6.48. The van der Waals surface area contributed by atoms with Crippen molar-refractivity contribution >= 4 is 46.6 Å². The molecular formula is C13H11Cl2F3N4OS. The van der Waals surface area contributed by atoms with E-state index in [0.717, 1.165) is 21.9 Å². The number of aryl methyl sites for hydroxylation is 1. The first-order valence-corrected chi connectivity index (χ1v) is 8.19. The maximum Gasteiger partial charge on any atom is 0.451 e. The summed E-state index contributed by atoms with van der Waals surface area (Å²) in [7, 11) is 1.18. The number of nitrogens with zero attached hydrogens (tertiary/aromatic N) is 3. The van der Waals surface area contributed by atoms with Crippen molar-refractivity contribution in [2.75, 3.05) is 11.1 Å². The van der Waals surface area contributed by atoms with Crippen LogP contribution in [0.3, 0.4) is 0 Å². The van der Waals surface area contributed by atoms with Crippen LogP contribution in [0.5, 0.6) is 0 Å². The second kappa shape index (κ2) is 7.20. The summed E-state index contributed by atoms with van der Waals surface area (Å²) in [5, 5.41) is 9.60. The Balaban J connectivity index is 2.05. The first kappa shape index (κ1) is 18.9. The van der Waals surface area contributed by atoms with Gasteiger partial charge in [0.1, 0.15) is 0 Å². The van der Waals surface area contributed by atoms with Gasteiger partial charge in [0.15, 0.2) is 5.16 Å². The highest BCUT2D eigenvalue weighted by atomic mass is 35.5. The molecular weight excluding hydrogens is 388 g/mol. The van der Waals surface area contributed by atoms with Crippen molar-refractivity contribution in [3.05, 3.63) is 33.6 Å². The molecule has 5 nitrogen and oxygen atoms in total. The van der Waals surface area contributed by atoms with Crippen molar-refractivity contribution in [3.63, 3.8) is 0 Å². The number of anilines is 1. The number of rotatable bonds is 4. The molecule has 11 heteroatoms. The third kappa shape index (κ3) is 4.14. The summed E-state index contributed by atoms with van der Waals surface area (Å²) in [6, 6.07) is 3.29. The molecule has 0 aliphatic carbocycles. The third-order valence-corrected chi connectivity index (χ3v) is 4.79. The Kier molecular flexibility index (Phi) is 5.67. The number of aromatic nitrogens is 3. The highest BCUT2D eigenvalue weighted by molar-refractivity contribution is 7.99. The Morgan fingerprint density at radius 1 is 1.33 bits per heavy atom. The summed E-state index contributed by atoms with van der Waals surface area (Å²) in [5.41, 5.74) is 0.991. The number of amides is 1. The zero-order valence-corrected chi connectivity index (χ0v) is 14.7. The van der Waals surface area contributed by atoms with Crippen LogP contribution < -0.4 is 5.32 Å². The monoisotopic (exact) mass is 398 g/mol. The zero-order chi connectivity index (χ0) is 18.1. The third-order valence-electron chi connectivity index (χ3n) is 2.97. The van der Waals surface area contributed by atoms with E-state index in [4.69, 9.17) is 23.2 Å². The lowest BCUT2D eigenvalue weighted by molar-refractivity contribution is -0.147. The van der Waals surface area contributed by atoms with Gasteiger partial charge in [0.05, 0.1) is 21.5 Å². The lowest BCUT2D eigenvalue weighted by Gasteiger charge is -2.11. The zero-order valence-electron chi connectivity index (χ0n) is 12.4. The lowest BCUT2D eigenvalue weighted by atomic mass is 10.2. The number of halogens is 5. The summed E-state index contributed by atoms with van der Waals surface area (Å²) in [4.78, 5) is 12.0. The van der Waals surface area contributed by atoms with Gasteiger partial charge in [0, 0.05) is 7.05 Å². The van der Waals surface area contributed by atoms with Gasteiger partial charge in [-0.3, -0.25) is 4.79 Å². The van der Waals surface area contributed by atoms with Crippen molar-refractivity contribution in [3.8, 4) is 0 Å². The van der Waals surface area contributed by atoms with Crippen molar-refractivity contribution in [2.24, 2.45) is 7.05 Å². The molecule has 0 saturated carbocycles. The number of alkyl halides is 3. The van der Waals surface area contributed by atoms with Gasteiger partial charge in [-0.05, 0) is 18.6 Å². The minimum atomic E-state index is -4.61. The van der Waals surface area contributed by atoms with Gasteiger partial charge in [0.2, 0.25) is 11.7 Å². The Labute approximate surface area is 149 Å². The molecule has 0 unspecified atom stereocenters. The van der Waals surface area contributed by atoms with E-state index in [1.165, 1.54) is 7.05 Å². The van der Waals surface area contributed by atoms with Crippen molar-refractivity contribution < 1.29 is 18.0 Å². The lowest BCUT2D eigenvalue weighted by Crippen LogP contribution is -2.16. The summed E-state index contributed by atoms with van der Waals surface area (Å²) >= 11 is 12.9. The minimum Gasteiger partial charge on any atom is -0.323 e. The topological polar surface area (TPSA) is 59.8 Å². The Bertz CT molecular complexity index is 779. The fourth-order valence-electron chi connectivity index (χ4n) is 1.76. The molecule has 1 N–H and O–H groups in total. The largest absolute Gasteiger partial charge is 0.451 e. The molecule has 2 aromatic rings. The average molecular weight is 399 g/mol.